The summed E-state index contributed by atoms with van der Waals surface area (Å²) in [5.41, 5.74) is 7.49. The summed E-state index contributed by atoms with van der Waals surface area (Å²) < 4.78 is 7.57. The van der Waals surface area contributed by atoms with Gasteiger partial charge in [0.1, 0.15) is 11.5 Å². The van der Waals surface area contributed by atoms with E-state index in [2.05, 4.69) is 15.4 Å². The predicted octanol–water partition coefficient (Wildman–Crippen LogP) is 4.16. The number of nitrogens with zero attached hydrogens (tertiary/aromatic N) is 3. The molecular weight excluding hydrogens is 394 g/mol. The van der Waals surface area contributed by atoms with Gasteiger partial charge in [-0.15, -0.1) is 0 Å². The fourth-order valence-electron chi connectivity index (χ4n) is 3.09. The summed E-state index contributed by atoms with van der Waals surface area (Å²) in [5, 5.41) is 8.05. The second-order valence-corrected chi connectivity index (χ2v) is 7.29. The van der Waals surface area contributed by atoms with Crippen molar-refractivity contribution in [3.8, 4) is 11.5 Å². The molecule has 0 radical (unpaired) electrons. The lowest BCUT2D eigenvalue weighted by atomic mass is 10.2. The van der Waals surface area contributed by atoms with Gasteiger partial charge in [0, 0.05) is 22.6 Å². The Balaban J connectivity index is 1.43. The number of amides is 2. The Kier molecular flexibility index (Phi) is 5.36. The molecule has 0 bridgehead atoms. The first-order valence-electron chi connectivity index (χ1n) is 9.73. The third-order valence-electron chi connectivity index (χ3n) is 4.67. The number of ether oxygens (including phenoxy) is 1. The number of benzene rings is 2. The molecule has 2 aromatic carbocycles. The smallest absolute Gasteiger partial charge is 0.255 e. The number of fused-ring (bicyclic) bond motifs is 1. The van der Waals surface area contributed by atoms with Crippen LogP contribution in [0.5, 0.6) is 11.5 Å². The fraction of sp³-hybridized carbons (Fsp3) is 0.130. The van der Waals surface area contributed by atoms with Crippen LogP contribution >= 0.6 is 0 Å². The van der Waals surface area contributed by atoms with E-state index in [0.717, 1.165) is 11.0 Å². The molecule has 0 unspecified atom stereocenters. The summed E-state index contributed by atoms with van der Waals surface area (Å²) in [6.07, 6.45) is 3.36. The van der Waals surface area contributed by atoms with E-state index in [1.807, 2.05) is 24.6 Å². The van der Waals surface area contributed by atoms with Gasteiger partial charge < -0.3 is 15.8 Å². The van der Waals surface area contributed by atoms with Gasteiger partial charge in [0.15, 0.2) is 5.65 Å². The van der Waals surface area contributed by atoms with Gasteiger partial charge in [-0.25, -0.2) is 9.67 Å². The van der Waals surface area contributed by atoms with E-state index in [-0.39, 0.29) is 11.9 Å². The lowest BCUT2D eigenvalue weighted by Gasteiger charge is -2.09. The third kappa shape index (κ3) is 4.37. The molecule has 156 valence electrons. The van der Waals surface area contributed by atoms with Crippen molar-refractivity contribution in [3.05, 3.63) is 78.1 Å². The predicted molar refractivity (Wildman–Crippen MR) is 117 cm³/mol. The lowest BCUT2D eigenvalue weighted by Crippen LogP contribution is -2.12. The average molecular weight is 415 g/mol. The molecule has 4 rings (SSSR count). The molecule has 0 saturated carbocycles. The number of primary amides is 1. The number of hydrogen-bond acceptors (Lipinski definition) is 5. The Labute approximate surface area is 178 Å². The molecule has 2 aromatic heterocycles. The minimum absolute atomic E-state index is 0.201. The highest BCUT2D eigenvalue weighted by atomic mass is 16.5. The van der Waals surface area contributed by atoms with Crippen molar-refractivity contribution >= 4 is 28.5 Å². The van der Waals surface area contributed by atoms with Gasteiger partial charge in [0.2, 0.25) is 5.91 Å². The minimum atomic E-state index is -0.495. The van der Waals surface area contributed by atoms with E-state index in [1.165, 1.54) is 0 Å². The number of nitrogens with two attached hydrogens (primary N) is 1. The number of carbonyl (C=O) groups excluding carboxylic acids is 2. The van der Waals surface area contributed by atoms with Crippen LogP contribution in [0.3, 0.4) is 0 Å². The Bertz CT molecular complexity index is 1240. The van der Waals surface area contributed by atoms with Gasteiger partial charge in [-0.2, -0.15) is 5.10 Å². The molecule has 2 heterocycles. The van der Waals surface area contributed by atoms with E-state index in [9.17, 15) is 9.59 Å². The summed E-state index contributed by atoms with van der Waals surface area (Å²) in [6, 6.07) is 15.3. The quantitative estimate of drug-likeness (QED) is 0.491. The largest absolute Gasteiger partial charge is 0.457 e. The highest BCUT2D eigenvalue weighted by Crippen LogP contribution is 2.23. The molecule has 0 fully saturated rings. The number of hydrogen-bond donors (Lipinski definition) is 2. The van der Waals surface area contributed by atoms with Gasteiger partial charge in [-0.1, -0.05) is 0 Å². The zero-order valence-electron chi connectivity index (χ0n) is 17.1. The summed E-state index contributed by atoms with van der Waals surface area (Å²) in [5.74, 6) is 0.371. The van der Waals surface area contributed by atoms with Crippen LogP contribution in [0.15, 0.2) is 67.0 Å². The van der Waals surface area contributed by atoms with Crippen LogP contribution in [0.25, 0.3) is 11.0 Å². The maximum atomic E-state index is 12.6. The van der Waals surface area contributed by atoms with E-state index < -0.39 is 5.91 Å². The second kappa shape index (κ2) is 8.27. The summed E-state index contributed by atoms with van der Waals surface area (Å²) in [7, 11) is 0. The molecule has 0 saturated heterocycles. The molecular formula is C23H21N5O3. The molecule has 2 amide bonds. The topological polar surface area (TPSA) is 112 Å². The summed E-state index contributed by atoms with van der Waals surface area (Å²) in [4.78, 5) is 28.1. The Morgan fingerprint density at radius 1 is 0.968 bits per heavy atom. The van der Waals surface area contributed by atoms with E-state index in [0.29, 0.717) is 28.3 Å². The van der Waals surface area contributed by atoms with Gasteiger partial charge in [0.25, 0.3) is 5.91 Å². The first-order valence-corrected chi connectivity index (χ1v) is 9.73. The van der Waals surface area contributed by atoms with E-state index >= 15 is 0 Å². The van der Waals surface area contributed by atoms with Gasteiger partial charge in [-0.3, -0.25) is 9.59 Å². The Morgan fingerprint density at radius 2 is 1.58 bits per heavy atom. The van der Waals surface area contributed by atoms with Crippen molar-refractivity contribution in [1.29, 1.82) is 0 Å². The summed E-state index contributed by atoms with van der Waals surface area (Å²) in [6.45, 7) is 4.07. The molecule has 8 heteroatoms. The molecule has 3 N–H and O–H groups in total. The van der Waals surface area contributed by atoms with Crippen LogP contribution < -0.4 is 15.8 Å². The number of rotatable bonds is 6. The van der Waals surface area contributed by atoms with Crippen molar-refractivity contribution < 1.29 is 14.3 Å². The van der Waals surface area contributed by atoms with Gasteiger partial charge >= 0.3 is 0 Å². The minimum Gasteiger partial charge on any atom is -0.457 e. The van der Waals surface area contributed by atoms with Crippen molar-refractivity contribution in [2.45, 2.75) is 19.9 Å². The number of anilines is 1. The molecule has 0 aliphatic rings. The molecule has 0 aliphatic heterocycles. The van der Waals surface area contributed by atoms with Crippen LogP contribution in [-0.2, 0) is 0 Å². The number of aromatic nitrogens is 3. The standard InChI is InChI=1S/C23H21N5O3/c1-14(2)28-22-17(12-26-28)11-18(13-25-22)27-23(30)16-5-9-20(10-6-16)31-19-7-3-15(4-8-19)21(24)29/h3-14H,1-2H3,(H2,24,29)(H,27,30). The van der Waals surface area contributed by atoms with Crippen LogP contribution in [0, 0.1) is 0 Å². The SMILES string of the molecule is CC(C)n1ncc2cc(NC(=O)c3ccc(Oc4ccc(C(N)=O)cc4)cc3)cnc21. The van der Waals surface area contributed by atoms with E-state index in [1.54, 1.807) is 60.9 Å². The second-order valence-electron chi connectivity index (χ2n) is 7.29. The zero-order valence-corrected chi connectivity index (χ0v) is 17.1. The third-order valence-corrected chi connectivity index (χ3v) is 4.67. The maximum Gasteiger partial charge on any atom is 0.255 e. The van der Waals surface area contributed by atoms with Gasteiger partial charge in [0.05, 0.1) is 18.1 Å². The maximum absolute atomic E-state index is 12.6. The Morgan fingerprint density at radius 3 is 2.16 bits per heavy atom. The van der Waals surface area contributed by atoms with Gasteiger partial charge in [-0.05, 0) is 68.4 Å². The average Bonchev–Trinajstić information content (AvgIpc) is 3.18. The first-order chi connectivity index (χ1) is 14.9. The molecule has 4 aromatic rings. The van der Waals surface area contributed by atoms with Crippen LogP contribution in [-0.4, -0.2) is 26.6 Å². The fourth-order valence-corrected chi connectivity index (χ4v) is 3.09. The van der Waals surface area contributed by atoms with E-state index in [4.69, 9.17) is 10.5 Å². The van der Waals surface area contributed by atoms with Crippen molar-refractivity contribution in [3.63, 3.8) is 0 Å². The number of nitrogens with one attached hydrogen (secondary N) is 1. The molecule has 0 aliphatic carbocycles. The molecule has 31 heavy (non-hydrogen) atoms. The Hall–Kier alpha value is -4.20. The zero-order chi connectivity index (χ0) is 22.0. The van der Waals surface area contributed by atoms with Crippen LogP contribution in [0.1, 0.15) is 40.6 Å². The summed E-state index contributed by atoms with van der Waals surface area (Å²) >= 11 is 0. The normalized spacial score (nSPS) is 10.9. The lowest BCUT2D eigenvalue weighted by molar-refractivity contribution is 0.0997. The molecule has 0 atom stereocenters. The number of pyridine rings is 1. The molecule has 0 spiro atoms. The van der Waals surface area contributed by atoms with Crippen molar-refractivity contribution in [2.75, 3.05) is 5.32 Å². The van der Waals surface area contributed by atoms with Crippen molar-refractivity contribution in [1.82, 2.24) is 14.8 Å². The highest BCUT2D eigenvalue weighted by molar-refractivity contribution is 6.04. The highest BCUT2D eigenvalue weighted by Gasteiger charge is 2.11. The van der Waals surface area contributed by atoms with Crippen molar-refractivity contribution in [2.24, 2.45) is 5.73 Å². The van der Waals surface area contributed by atoms with Crippen LogP contribution in [0.2, 0.25) is 0 Å². The number of carbonyl (C=O) groups is 2. The monoisotopic (exact) mass is 415 g/mol. The first kappa shape index (κ1) is 20.1. The molecule has 8 nitrogen and oxygen atoms in total. The van der Waals surface area contributed by atoms with Crippen LogP contribution in [0.4, 0.5) is 5.69 Å².